The summed E-state index contributed by atoms with van der Waals surface area (Å²) in [5, 5.41) is 5.64. The molecule has 0 spiro atoms. The Morgan fingerprint density at radius 3 is 2.52 bits per heavy atom. The van der Waals surface area contributed by atoms with E-state index in [0.717, 1.165) is 37.2 Å². The minimum Gasteiger partial charge on any atom is -0.347 e. The Kier molecular flexibility index (Phi) is 5.64. The lowest BCUT2D eigenvalue weighted by Gasteiger charge is -2.10. The summed E-state index contributed by atoms with van der Waals surface area (Å²) in [6.45, 7) is 0.516. The predicted molar refractivity (Wildman–Crippen MR) is 129 cm³/mol. The van der Waals surface area contributed by atoms with E-state index in [4.69, 9.17) is 16.6 Å². The van der Waals surface area contributed by atoms with E-state index in [-0.39, 0.29) is 5.91 Å². The first-order valence-electron chi connectivity index (χ1n) is 9.74. The Bertz CT molecular complexity index is 1300. The molecular formula is C25H17ClN2OS2. The zero-order valence-corrected chi connectivity index (χ0v) is 18.7. The second-order valence-electron chi connectivity index (χ2n) is 6.98. The molecule has 0 radical (unpaired) electrons. The van der Waals surface area contributed by atoms with Crippen molar-refractivity contribution in [3.8, 4) is 0 Å². The van der Waals surface area contributed by atoms with Gasteiger partial charge >= 0.3 is 0 Å². The van der Waals surface area contributed by atoms with Crippen LogP contribution in [0.5, 0.6) is 0 Å². The highest BCUT2D eigenvalue weighted by Gasteiger charge is 2.21. The fourth-order valence-corrected chi connectivity index (χ4v) is 5.30. The topological polar surface area (TPSA) is 41.5 Å². The van der Waals surface area contributed by atoms with Crippen LogP contribution < -0.4 is 5.32 Å². The van der Waals surface area contributed by atoms with Gasteiger partial charge in [0.1, 0.15) is 0 Å². The number of halogens is 1. The number of hydrogen-bond donors (Lipinski definition) is 1. The van der Waals surface area contributed by atoms with Crippen LogP contribution in [0.2, 0.25) is 5.02 Å². The Labute approximate surface area is 193 Å². The average Bonchev–Trinajstić information content (AvgIpc) is 3.26. The van der Waals surface area contributed by atoms with Crippen molar-refractivity contribution in [2.24, 2.45) is 4.99 Å². The van der Waals surface area contributed by atoms with Gasteiger partial charge in [0.25, 0.3) is 5.91 Å². The maximum absolute atomic E-state index is 12.8. The van der Waals surface area contributed by atoms with Crippen LogP contribution in [0.25, 0.3) is 0 Å². The lowest BCUT2D eigenvalue weighted by Crippen LogP contribution is -2.22. The van der Waals surface area contributed by atoms with Crippen LogP contribution in [0, 0.1) is 0 Å². The Morgan fingerprint density at radius 2 is 1.71 bits per heavy atom. The lowest BCUT2D eigenvalue weighted by molar-refractivity contribution is 0.0951. The van der Waals surface area contributed by atoms with Crippen LogP contribution in [0.4, 0.5) is 5.69 Å². The largest absolute Gasteiger partial charge is 0.347 e. The Balaban J connectivity index is 1.56. The minimum atomic E-state index is -0.113. The molecule has 1 amide bonds. The van der Waals surface area contributed by atoms with Crippen LogP contribution in [0.15, 0.2) is 99.0 Å². The number of amides is 1. The Hall–Kier alpha value is -2.86. The third-order valence-electron chi connectivity index (χ3n) is 4.95. The van der Waals surface area contributed by atoms with E-state index in [1.54, 1.807) is 23.1 Å². The number of thiophene rings is 1. The SMILES string of the molecule is O=C(NCc1cccs1)c1ccc2c(c1)N=C(c1ccccc1Cl)c1ccccc1S2. The number of nitrogens with zero attached hydrogens (tertiary/aromatic N) is 1. The van der Waals surface area contributed by atoms with Crippen LogP contribution in [-0.4, -0.2) is 11.6 Å². The van der Waals surface area contributed by atoms with Gasteiger partial charge in [-0.15, -0.1) is 11.3 Å². The first kappa shape index (κ1) is 20.1. The fraction of sp³-hybridized carbons (Fsp3) is 0.0400. The summed E-state index contributed by atoms with van der Waals surface area (Å²) in [5.41, 5.74) is 4.06. The van der Waals surface area contributed by atoms with Crippen molar-refractivity contribution in [1.82, 2.24) is 5.32 Å². The molecule has 0 bridgehead atoms. The van der Waals surface area contributed by atoms with Crippen LogP contribution in [-0.2, 0) is 6.54 Å². The van der Waals surface area contributed by atoms with E-state index in [9.17, 15) is 4.79 Å². The summed E-state index contributed by atoms with van der Waals surface area (Å²) in [7, 11) is 0. The van der Waals surface area contributed by atoms with Gasteiger partial charge in [0.2, 0.25) is 0 Å². The molecule has 5 rings (SSSR count). The highest BCUT2D eigenvalue weighted by Crippen LogP contribution is 2.42. The molecule has 0 atom stereocenters. The predicted octanol–water partition coefficient (Wildman–Crippen LogP) is 6.97. The number of aliphatic imine (C=N–C) groups is 1. The lowest BCUT2D eigenvalue weighted by atomic mass is 10.0. The van der Waals surface area contributed by atoms with Crippen molar-refractivity contribution in [3.05, 3.63) is 111 Å². The second-order valence-corrected chi connectivity index (χ2v) is 9.51. The number of fused-ring (bicyclic) bond motifs is 2. The van der Waals surface area contributed by atoms with E-state index in [1.165, 1.54) is 0 Å². The molecule has 0 saturated heterocycles. The number of carbonyl (C=O) groups is 1. The molecule has 1 aromatic heterocycles. The molecule has 1 aliphatic heterocycles. The molecule has 3 aromatic carbocycles. The number of nitrogens with one attached hydrogen (secondary N) is 1. The highest BCUT2D eigenvalue weighted by molar-refractivity contribution is 7.99. The summed E-state index contributed by atoms with van der Waals surface area (Å²) in [4.78, 5) is 21.0. The molecule has 1 aliphatic rings. The van der Waals surface area contributed by atoms with E-state index < -0.39 is 0 Å². The number of carbonyl (C=O) groups excluding carboxylic acids is 1. The van der Waals surface area contributed by atoms with Crippen molar-refractivity contribution in [3.63, 3.8) is 0 Å². The fourth-order valence-electron chi connectivity index (χ4n) is 3.42. The van der Waals surface area contributed by atoms with Gasteiger partial charge in [-0.05, 0) is 41.8 Å². The third-order valence-corrected chi connectivity index (χ3v) is 7.29. The normalized spacial score (nSPS) is 12.4. The van der Waals surface area contributed by atoms with Crippen molar-refractivity contribution < 1.29 is 4.79 Å². The van der Waals surface area contributed by atoms with Gasteiger partial charge in [-0.1, -0.05) is 65.8 Å². The van der Waals surface area contributed by atoms with E-state index in [2.05, 4.69) is 17.4 Å². The van der Waals surface area contributed by atoms with Gasteiger partial charge in [0, 0.05) is 36.4 Å². The van der Waals surface area contributed by atoms with Crippen LogP contribution in [0.1, 0.15) is 26.4 Å². The minimum absolute atomic E-state index is 0.113. The van der Waals surface area contributed by atoms with Gasteiger partial charge < -0.3 is 5.32 Å². The summed E-state index contributed by atoms with van der Waals surface area (Å²) < 4.78 is 0. The molecule has 31 heavy (non-hydrogen) atoms. The quantitative estimate of drug-likeness (QED) is 0.314. The summed E-state index contributed by atoms with van der Waals surface area (Å²) >= 11 is 9.80. The highest BCUT2D eigenvalue weighted by atomic mass is 35.5. The van der Waals surface area contributed by atoms with Crippen LogP contribution >= 0.6 is 34.7 Å². The Morgan fingerprint density at radius 1 is 0.903 bits per heavy atom. The summed E-state index contributed by atoms with van der Waals surface area (Å²) in [6.07, 6.45) is 0. The van der Waals surface area contributed by atoms with Gasteiger partial charge in [-0.3, -0.25) is 4.79 Å². The van der Waals surface area contributed by atoms with Crippen LogP contribution in [0.3, 0.4) is 0 Å². The number of benzene rings is 3. The maximum atomic E-state index is 12.8. The molecule has 2 heterocycles. The van der Waals surface area contributed by atoms with E-state index in [0.29, 0.717) is 17.1 Å². The molecule has 0 aliphatic carbocycles. The van der Waals surface area contributed by atoms with Crippen molar-refractivity contribution in [2.75, 3.05) is 0 Å². The molecular weight excluding hydrogens is 444 g/mol. The van der Waals surface area contributed by atoms with E-state index >= 15 is 0 Å². The maximum Gasteiger partial charge on any atom is 0.251 e. The zero-order chi connectivity index (χ0) is 21.2. The van der Waals surface area contributed by atoms with Gasteiger partial charge in [0.05, 0.1) is 17.9 Å². The molecule has 0 unspecified atom stereocenters. The second kappa shape index (κ2) is 8.71. The van der Waals surface area contributed by atoms with Crippen molar-refractivity contribution >= 4 is 52.0 Å². The van der Waals surface area contributed by atoms with Crippen molar-refractivity contribution in [1.29, 1.82) is 0 Å². The number of rotatable bonds is 4. The standard InChI is InChI=1S/C25H17ClN2OS2/c26-20-9-3-1-7-18(20)24-19-8-2-4-10-22(19)31-23-12-11-16(14-21(23)28-24)25(29)27-15-17-6-5-13-30-17/h1-14H,15H2,(H,27,29). The van der Waals surface area contributed by atoms with Crippen molar-refractivity contribution in [2.45, 2.75) is 16.3 Å². The third kappa shape index (κ3) is 4.17. The van der Waals surface area contributed by atoms with Gasteiger partial charge in [0.15, 0.2) is 0 Å². The van der Waals surface area contributed by atoms with E-state index in [1.807, 2.05) is 72.1 Å². The van der Waals surface area contributed by atoms with Gasteiger partial charge in [-0.2, -0.15) is 0 Å². The number of hydrogen-bond acceptors (Lipinski definition) is 4. The first-order chi connectivity index (χ1) is 15.2. The van der Waals surface area contributed by atoms with Gasteiger partial charge in [-0.25, -0.2) is 4.99 Å². The summed E-state index contributed by atoms with van der Waals surface area (Å²) in [5.74, 6) is -0.113. The summed E-state index contributed by atoms with van der Waals surface area (Å²) in [6, 6.07) is 25.6. The molecule has 0 fully saturated rings. The smallest absolute Gasteiger partial charge is 0.251 e. The molecule has 6 heteroatoms. The molecule has 1 N–H and O–H groups in total. The first-order valence-corrected chi connectivity index (χ1v) is 11.8. The molecule has 4 aromatic rings. The molecule has 152 valence electrons. The molecule has 0 saturated carbocycles. The monoisotopic (exact) mass is 460 g/mol. The average molecular weight is 461 g/mol. The molecule has 3 nitrogen and oxygen atoms in total. The zero-order valence-electron chi connectivity index (χ0n) is 16.3.